The Labute approximate surface area is 202 Å². The normalized spacial score (nSPS) is 18.3. The first-order valence-electron chi connectivity index (χ1n) is 11.2. The molecule has 0 aliphatic heterocycles. The number of allylic oxidation sites excluding steroid dienone is 2. The Morgan fingerprint density at radius 1 is 0.853 bits per heavy atom. The largest absolute Gasteiger partial charge is 0.481 e. The number of amides is 2. The maximum atomic E-state index is 12.7. The molecule has 34 heavy (non-hydrogen) atoms. The van der Waals surface area contributed by atoms with Gasteiger partial charge in [0.2, 0.25) is 11.8 Å². The number of aliphatic carboxylic acids is 1. The van der Waals surface area contributed by atoms with Crippen LogP contribution in [0.3, 0.4) is 0 Å². The van der Waals surface area contributed by atoms with Crippen molar-refractivity contribution < 1.29 is 19.5 Å². The maximum Gasteiger partial charge on any atom is 0.307 e. The third kappa shape index (κ3) is 5.66. The van der Waals surface area contributed by atoms with Crippen LogP contribution in [0.1, 0.15) is 19.8 Å². The van der Waals surface area contributed by atoms with Gasteiger partial charge in [-0.2, -0.15) is 0 Å². The number of hydrogen-bond donors (Lipinski definition) is 3. The fourth-order valence-electron chi connectivity index (χ4n) is 4.00. The minimum atomic E-state index is -0.952. The molecule has 0 spiro atoms. The summed E-state index contributed by atoms with van der Waals surface area (Å²) in [6, 6.07) is 21.0. The fourth-order valence-corrected chi connectivity index (χ4v) is 4.86. The van der Waals surface area contributed by atoms with Crippen molar-refractivity contribution >= 4 is 51.7 Å². The van der Waals surface area contributed by atoms with Crippen molar-refractivity contribution in [2.75, 3.05) is 10.6 Å². The summed E-state index contributed by atoms with van der Waals surface area (Å²) in [7, 11) is 0. The molecule has 7 heteroatoms. The number of fused-ring (bicyclic) bond motifs is 1. The summed E-state index contributed by atoms with van der Waals surface area (Å²) in [5.74, 6) is -2.63. The van der Waals surface area contributed by atoms with E-state index in [0.29, 0.717) is 18.5 Å². The Balaban J connectivity index is 1.33. The van der Waals surface area contributed by atoms with Gasteiger partial charge in [0.05, 0.1) is 17.1 Å². The van der Waals surface area contributed by atoms with Crippen molar-refractivity contribution in [2.24, 2.45) is 11.8 Å². The Bertz CT molecular complexity index is 1240. The summed E-state index contributed by atoms with van der Waals surface area (Å²) < 4.78 is 0. The van der Waals surface area contributed by atoms with E-state index >= 15 is 0 Å². The van der Waals surface area contributed by atoms with Gasteiger partial charge in [-0.1, -0.05) is 42.5 Å². The molecule has 0 saturated heterocycles. The van der Waals surface area contributed by atoms with Crippen LogP contribution in [0.15, 0.2) is 83.8 Å². The third-order valence-electron chi connectivity index (χ3n) is 5.91. The molecule has 1 aliphatic rings. The summed E-state index contributed by atoms with van der Waals surface area (Å²) in [6.07, 6.45) is 4.45. The summed E-state index contributed by atoms with van der Waals surface area (Å²) in [5.41, 5.74) is 1.35. The highest BCUT2D eigenvalue weighted by atomic mass is 32.2. The molecule has 3 aromatic carbocycles. The van der Waals surface area contributed by atoms with Crippen LogP contribution in [0.5, 0.6) is 0 Å². The molecule has 0 saturated carbocycles. The zero-order valence-corrected chi connectivity index (χ0v) is 19.5. The van der Waals surface area contributed by atoms with Gasteiger partial charge < -0.3 is 15.7 Å². The Morgan fingerprint density at radius 2 is 1.50 bits per heavy atom. The van der Waals surface area contributed by atoms with Gasteiger partial charge in [0.1, 0.15) is 0 Å². The first kappa shape index (κ1) is 23.6. The zero-order valence-electron chi connectivity index (χ0n) is 18.7. The summed E-state index contributed by atoms with van der Waals surface area (Å²) in [4.78, 5) is 37.6. The summed E-state index contributed by atoms with van der Waals surface area (Å²) in [6.45, 7) is 1.85. The molecule has 3 atom stereocenters. The molecule has 0 radical (unpaired) electrons. The minimum Gasteiger partial charge on any atom is -0.481 e. The summed E-state index contributed by atoms with van der Waals surface area (Å²) in [5, 5.41) is 17.0. The van der Waals surface area contributed by atoms with E-state index < -0.39 is 17.8 Å². The van der Waals surface area contributed by atoms with Gasteiger partial charge in [0.15, 0.2) is 0 Å². The van der Waals surface area contributed by atoms with E-state index in [2.05, 4.69) is 10.6 Å². The van der Waals surface area contributed by atoms with Crippen LogP contribution >= 0.6 is 11.8 Å². The van der Waals surface area contributed by atoms with E-state index in [1.807, 2.05) is 73.7 Å². The van der Waals surface area contributed by atoms with Gasteiger partial charge in [-0.15, -0.1) is 11.8 Å². The molecule has 1 aliphatic carbocycles. The smallest absolute Gasteiger partial charge is 0.307 e. The molecule has 3 unspecified atom stereocenters. The van der Waals surface area contributed by atoms with Crippen LogP contribution in [-0.4, -0.2) is 28.1 Å². The van der Waals surface area contributed by atoms with Gasteiger partial charge in [-0.3, -0.25) is 14.4 Å². The van der Waals surface area contributed by atoms with Crippen molar-refractivity contribution in [1.82, 2.24) is 0 Å². The van der Waals surface area contributed by atoms with E-state index in [4.69, 9.17) is 0 Å². The van der Waals surface area contributed by atoms with Crippen LogP contribution in [0.25, 0.3) is 10.8 Å². The third-order valence-corrected chi connectivity index (χ3v) is 7.02. The number of hydrogen-bond acceptors (Lipinski definition) is 4. The first-order chi connectivity index (χ1) is 16.4. The predicted molar refractivity (Wildman–Crippen MR) is 136 cm³/mol. The average Bonchev–Trinajstić information content (AvgIpc) is 2.85. The molecule has 4 rings (SSSR count). The molecule has 174 valence electrons. The van der Waals surface area contributed by atoms with E-state index in [9.17, 15) is 19.5 Å². The lowest BCUT2D eigenvalue weighted by Crippen LogP contribution is -2.34. The van der Waals surface area contributed by atoms with Crippen LogP contribution in [0.4, 0.5) is 11.4 Å². The Hall–Kier alpha value is -3.58. The fraction of sp³-hybridized carbons (Fsp3) is 0.222. The van der Waals surface area contributed by atoms with Gasteiger partial charge >= 0.3 is 5.97 Å². The lowest BCUT2D eigenvalue weighted by Gasteiger charge is -2.24. The number of anilines is 2. The zero-order chi connectivity index (χ0) is 24.1. The monoisotopic (exact) mass is 474 g/mol. The van der Waals surface area contributed by atoms with Crippen molar-refractivity contribution in [3.05, 3.63) is 78.9 Å². The number of thioether (sulfide) groups is 1. The van der Waals surface area contributed by atoms with Crippen molar-refractivity contribution in [2.45, 2.75) is 29.9 Å². The molecule has 6 nitrogen and oxygen atoms in total. The highest BCUT2D eigenvalue weighted by Gasteiger charge is 2.33. The first-order valence-corrected chi connectivity index (χ1v) is 12.0. The number of carbonyl (C=O) groups excluding carboxylic acids is 2. The average molecular weight is 475 g/mol. The van der Waals surface area contributed by atoms with E-state index in [-0.39, 0.29) is 17.1 Å². The number of carboxylic acid groups (broad SMARTS) is 1. The Morgan fingerprint density at radius 3 is 2.21 bits per heavy atom. The van der Waals surface area contributed by atoms with E-state index in [1.165, 1.54) is 11.8 Å². The molecule has 0 heterocycles. The molecule has 0 aromatic heterocycles. The Kier molecular flexibility index (Phi) is 7.33. The second kappa shape index (κ2) is 10.6. The van der Waals surface area contributed by atoms with Gasteiger partial charge in [0, 0.05) is 16.3 Å². The molecule has 3 aromatic rings. The topological polar surface area (TPSA) is 95.5 Å². The molecular weight excluding hydrogens is 448 g/mol. The van der Waals surface area contributed by atoms with Crippen LogP contribution in [-0.2, 0) is 14.4 Å². The minimum absolute atomic E-state index is 0.0947. The number of benzene rings is 3. The number of rotatable bonds is 7. The van der Waals surface area contributed by atoms with Gasteiger partial charge in [-0.25, -0.2) is 0 Å². The standard InChI is InChI=1S/C27H26N2O4S/c1-17(25(30)29-21-11-10-18-6-2-3-7-19(18)16-21)34-22-14-12-20(13-15-22)28-26(31)23-8-4-5-9-24(23)27(32)33/h2-7,10-17,23-24H,8-9H2,1H3,(H,28,31)(H,29,30)(H,32,33). The quantitative estimate of drug-likeness (QED) is 0.308. The number of nitrogens with one attached hydrogen (secondary N) is 2. The molecule has 0 fully saturated rings. The second-order valence-corrected chi connectivity index (χ2v) is 9.73. The SMILES string of the molecule is CC(Sc1ccc(NC(=O)C2CC=CCC2C(=O)O)cc1)C(=O)Nc1ccc2ccccc2c1. The highest BCUT2D eigenvalue weighted by Crippen LogP contribution is 2.29. The van der Waals surface area contributed by atoms with Gasteiger partial charge in [0.25, 0.3) is 0 Å². The molecular formula is C27H26N2O4S. The molecule has 3 N–H and O–H groups in total. The van der Waals surface area contributed by atoms with E-state index in [0.717, 1.165) is 21.4 Å². The van der Waals surface area contributed by atoms with Crippen molar-refractivity contribution in [1.29, 1.82) is 0 Å². The van der Waals surface area contributed by atoms with Crippen molar-refractivity contribution in [3.63, 3.8) is 0 Å². The number of carboxylic acids is 1. The second-order valence-electron chi connectivity index (χ2n) is 8.32. The van der Waals surface area contributed by atoms with Crippen molar-refractivity contribution in [3.8, 4) is 0 Å². The van der Waals surface area contributed by atoms with Crippen LogP contribution < -0.4 is 10.6 Å². The van der Waals surface area contributed by atoms with Gasteiger partial charge in [-0.05, 0) is 66.9 Å². The highest BCUT2D eigenvalue weighted by molar-refractivity contribution is 8.00. The number of carbonyl (C=O) groups is 3. The predicted octanol–water partition coefficient (Wildman–Crippen LogP) is 5.56. The lowest BCUT2D eigenvalue weighted by atomic mass is 9.82. The van der Waals surface area contributed by atoms with E-state index in [1.54, 1.807) is 12.1 Å². The lowest BCUT2D eigenvalue weighted by molar-refractivity contribution is -0.146. The molecule has 0 bridgehead atoms. The summed E-state index contributed by atoms with van der Waals surface area (Å²) >= 11 is 1.42. The molecule has 2 amide bonds. The van der Waals surface area contributed by atoms with Crippen LogP contribution in [0, 0.1) is 11.8 Å². The maximum absolute atomic E-state index is 12.7. The van der Waals surface area contributed by atoms with Crippen LogP contribution in [0.2, 0.25) is 0 Å².